The molecule has 0 amide bonds. The Hall–Kier alpha value is -1.20. The highest BCUT2D eigenvalue weighted by atomic mass is 32.1. The molecule has 19 heavy (non-hydrogen) atoms. The van der Waals surface area contributed by atoms with Gasteiger partial charge in [0.2, 0.25) is 5.13 Å². The van der Waals surface area contributed by atoms with Crippen LogP contribution in [0.25, 0.3) is 5.13 Å². The topological polar surface area (TPSA) is 34.0 Å². The van der Waals surface area contributed by atoms with E-state index in [0.717, 1.165) is 24.5 Å². The molecule has 4 nitrogen and oxygen atoms in total. The third kappa shape index (κ3) is 4.14. The minimum absolute atomic E-state index is 0.969. The Bertz CT molecular complexity index is 501. The molecule has 0 N–H and O–H groups in total. The van der Waals surface area contributed by atoms with E-state index in [2.05, 4.69) is 42.2 Å². The molecule has 104 valence electrons. The van der Waals surface area contributed by atoms with E-state index in [1.807, 2.05) is 17.1 Å². The number of hydrogen-bond acceptors (Lipinski definition) is 4. The zero-order valence-electron chi connectivity index (χ0n) is 12.0. The first-order valence-electron chi connectivity index (χ1n) is 6.82. The molecular weight excluding hydrogens is 256 g/mol. The molecule has 0 radical (unpaired) electrons. The molecule has 0 bridgehead atoms. The van der Waals surface area contributed by atoms with Crippen LogP contribution in [-0.2, 0) is 12.8 Å². The fourth-order valence-corrected chi connectivity index (χ4v) is 2.70. The Balaban J connectivity index is 1.88. The van der Waals surface area contributed by atoms with Gasteiger partial charge in [-0.05, 0) is 51.9 Å². The highest BCUT2D eigenvalue weighted by molar-refractivity contribution is 7.14. The Morgan fingerprint density at radius 2 is 2.11 bits per heavy atom. The fourth-order valence-electron chi connectivity index (χ4n) is 1.92. The summed E-state index contributed by atoms with van der Waals surface area (Å²) in [6.45, 7) is 3.30. The van der Waals surface area contributed by atoms with Crippen molar-refractivity contribution in [3.63, 3.8) is 0 Å². The van der Waals surface area contributed by atoms with E-state index < -0.39 is 0 Å². The second kappa shape index (κ2) is 6.82. The minimum Gasteiger partial charge on any atom is -0.309 e. The normalized spacial score (nSPS) is 11.4. The van der Waals surface area contributed by atoms with Crippen LogP contribution in [0.15, 0.2) is 18.6 Å². The van der Waals surface area contributed by atoms with Crippen LogP contribution in [0.4, 0.5) is 0 Å². The molecule has 5 heteroatoms. The van der Waals surface area contributed by atoms with E-state index in [9.17, 15) is 0 Å². The summed E-state index contributed by atoms with van der Waals surface area (Å²) in [7, 11) is 4.23. The van der Waals surface area contributed by atoms with Crippen LogP contribution in [0.1, 0.15) is 30.2 Å². The van der Waals surface area contributed by atoms with Crippen molar-refractivity contribution < 1.29 is 0 Å². The van der Waals surface area contributed by atoms with Crippen molar-refractivity contribution >= 4 is 11.3 Å². The lowest BCUT2D eigenvalue weighted by molar-refractivity contribution is 0.394. The Morgan fingerprint density at radius 3 is 2.79 bits per heavy atom. The van der Waals surface area contributed by atoms with Crippen LogP contribution in [0.3, 0.4) is 0 Å². The van der Waals surface area contributed by atoms with Gasteiger partial charge < -0.3 is 4.90 Å². The maximum atomic E-state index is 4.40. The first-order chi connectivity index (χ1) is 9.19. The largest absolute Gasteiger partial charge is 0.309 e. The lowest BCUT2D eigenvalue weighted by Gasteiger charge is -2.07. The quantitative estimate of drug-likeness (QED) is 0.730. The SMILES string of the molecule is CCc1cnc(-n2cc(CCCCN(C)C)cn2)s1. The first kappa shape index (κ1) is 14.2. The fraction of sp³-hybridized carbons (Fsp3) is 0.571. The summed E-state index contributed by atoms with van der Waals surface area (Å²) in [4.78, 5) is 7.93. The molecule has 0 aliphatic carbocycles. The molecule has 2 rings (SSSR count). The third-order valence-electron chi connectivity index (χ3n) is 3.04. The number of thiazole rings is 1. The average molecular weight is 278 g/mol. The summed E-state index contributed by atoms with van der Waals surface area (Å²) in [5, 5.41) is 5.37. The summed E-state index contributed by atoms with van der Waals surface area (Å²) in [5.41, 5.74) is 1.30. The number of aryl methyl sites for hydroxylation is 2. The smallest absolute Gasteiger partial charge is 0.210 e. The second-order valence-corrected chi connectivity index (χ2v) is 6.11. The van der Waals surface area contributed by atoms with Gasteiger partial charge >= 0.3 is 0 Å². The monoisotopic (exact) mass is 278 g/mol. The van der Waals surface area contributed by atoms with Crippen molar-refractivity contribution in [3.8, 4) is 5.13 Å². The molecular formula is C14H22N4S. The summed E-state index contributed by atoms with van der Waals surface area (Å²) in [5.74, 6) is 0. The number of aromatic nitrogens is 3. The zero-order chi connectivity index (χ0) is 13.7. The Labute approximate surface area is 119 Å². The van der Waals surface area contributed by atoms with Gasteiger partial charge in [-0.15, -0.1) is 0 Å². The van der Waals surface area contributed by atoms with Gasteiger partial charge in [-0.2, -0.15) is 5.10 Å². The van der Waals surface area contributed by atoms with Crippen molar-refractivity contribution in [1.82, 2.24) is 19.7 Å². The highest BCUT2D eigenvalue weighted by Gasteiger charge is 2.05. The zero-order valence-corrected chi connectivity index (χ0v) is 12.8. The second-order valence-electron chi connectivity index (χ2n) is 5.02. The van der Waals surface area contributed by atoms with E-state index in [0.29, 0.717) is 0 Å². The van der Waals surface area contributed by atoms with Crippen molar-refractivity contribution in [2.24, 2.45) is 0 Å². The van der Waals surface area contributed by atoms with Gasteiger partial charge in [0.15, 0.2) is 0 Å². The van der Waals surface area contributed by atoms with Gasteiger partial charge in [0.1, 0.15) is 0 Å². The van der Waals surface area contributed by atoms with Crippen LogP contribution in [0.5, 0.6) is 0 Å². The number of unbranched alkanes of at least 4 members (excludes halogenated alkanes) is 1. The standard InChI is InChI=1S/C14H22N4S/c1-4-13-10-15-14(19-13)18-11-12(9-16-18)7-5-6-8-17(2)3/h9-11H,4-8H2,1-3H3. The molecule has 0 unspecified atom stereocenters. The summed E-state index contributed by atoms with van der Waals surface area (Å²) in [6, 6.07) is 0. The van der Waals surface area contributed by atoms with Gasteiger partial charge in [-0.1, -0.05) is 18.3 Å². The molecule has 0 aliphatic rings. The lowest BCUT2D eigenvalue weighted by Crippen LogP contribution is -2.12. The maximum Gasteiger partial charge on any atom is 0.210 e. The summed E-state index contributed by atoms with van der Waals surface area (Å²) in [6.07, 6.45) is 10.6. The van der Waals surface area contributed by atoms with Crippen LogP contribution in [0, 0.1) is 0 Å². The van der Waals surface area contributed by atoms with E-state index in [-0.39, 0.29) is 0 Å². The van der Waals surface area contributed by atoms with Gasteiger partial charge in [0, 0.05) is 17.3 Å². The van der Waals surface area contributed by atoms with Crippen LogP contribution in [0.2, 0.25) is 0 Å². The number of hydrogen-bond donors (Lipinski definition) is 0. The van der Waals surface area contributed by atoms with Gasteiger partial charge in [0.25, 0.3) is 0 Å². The number of rotatable bonds is 7. The van der Waals surface area contributed by atoms with E-state index >= 15 is 0 Å². The van der Waals surface area contributed by atoms with Crippen molar-refractivity contribution in [2.45, 2.75) is 32.6 Å². The summed E-state index contributed by atoms with van der Waals surface area (Å²) >= 11 is 1.71. The predicted octanol–water partition coefficient (Wildman–Crippen LogP) is 2.78. The highest BCUT2D eigenvalue weighted by Crippen LogP contribution is 2.17. The molecule has 0 aliphatic heterocycles. The third-order valence-corrected chi connectivity index (χ3v) is 4.17. The average Bonchev–Trinajstić information content (AvgIpc) is 3.02. The van der Waals surface area contributed by atoms with E-state index in [4.69, 9.17) is 0 Å². The molecule has 0 saturated carbocycles. The van der Waals surface area contributed by atoms with E-state index in [1.54, 1.807) is 11.3 Å². The molecule has 2 heterocycles. The first-order valence-corrected chi connectivity index (χ1v) is 7.64. The van der Waals surface area contributed by atoms with Crippen molar-refractivity contribution in [2.75, 3.05) is 20.6 Å². The Morgan fingerprint density at radius 1 is 1.26 bits per heavy atom. The van der Waals surface area contributed by atoms with Gasteiger partial charge in [-0.3, -0.25) is 0 Å². The van der Waals surface area contributed by atoms with Crippen LogP contribution < -0.4 is 0 Å². The molecule has 0 spiro atoms. The van der Waals surface area contributed by atoms with Gasteiger partial charge in [-0.25, -0.2) is 9.67 Å². The van der Waals surface area contributed by atoms with Crippen LogP contribution >= 0.6 is 11.3 Å². The van der Waals surface area contributed by atoms with Crippen molar-refractivity contribution in [3.05, 3.63) is 29.0 Å². The molecule has 2 aromatic heterocycles. The van der Waals surface area contributed by atoms with E-state index in [1.165, 1.54) is 23.3 Å². The summed E-state index contributed by atoms with van der Waals surface area (Å²) < 4.78 is 1.89. The van der Waals surface area contributed by atoms with Gasteiger partial charge in [0.05, 0.1) is 6.20 Å². The molecule has 0 fully saturated rings. The van der Waals surface area contributed by atoms with Crippen molar-refractivity contribution in [1.29, 1.82) is 0 Å². The lowest BCUT2D eigenvalue weighted by atomic mass is 10.1. The molecule has 0 saturated heterocycles. The molecule has 0 aromatic carbocycles. The molecule has 0 atom stereocenters. The molecule has 2 aromatic rings. The van der Waals surface area contributed by atoms with Crippen LogP contribution in [-0.4, -0.2) is 40.3 Å². The minimum atomic E-state index is 0.969. The predicted molar refractivity (Wildman–Crippen MR) is 80.1 cm³/mol. The Kier molecular flexibility index (Phi) is 5.10. The maximum absolute atomic E-state index is 4.40. The number of nitrogens with zero attached hydrogens (tertiary/aromatic N) is 4.